The minimum absolute atomic E-state index is 0.753. The lowest BCUT2D eigenvalue weighted by atomic mass is 10.3. The van der Waals surface area contributed by atoms with E-state index in [2.05, 4.69) is 32.2 Å². The van der Waals surface area contributed by atoms with E-state index < -0.39 is 0 Å². The molecule has 7 heteroatoms. The number of fused-ring (bicyclic) bond motifs is 1. The molecule has 2 aromatic heterocycles. The summed E-state index contributed by atoms with van der Waals surface area (Å²) in [7, 11) is 1.91. The number of ether oxygens (including phenoxy) is 1. The smallest absolute Gasteiger partial charge is 0.163 e. The summed E-state index contributed by atoms with van der Waals surface area (Å²) >= 11 is 0. The van der Waals surface area contributed by atoms with E-state index in [1.165, 1.54) is 0 Å². The van der Waals surface area contributed by atoms with Crippen LogP contribution in [0.25, 0.3) is 11.0 Å². The average Bonchev–Trinajstić information content (AvgIpc) is 2.82. The van der Waals surface area contributed by atoms with Crippen LogP contribution in [0.2, 0.25) is 0 Å². The molecular weight excluding hydrogens is 256 g/mol. The Balaban J connectivity index is 1.91. The molecule has 3 heterocycles. The van der Waals surface area contributed by atoms with Gasteiger partial charge in [0.1, 0.15) is 11.6 Å². The molecule has 0 spiro atoms. The molecule has 7 nitrogen and oxygen atoms in total. The number of hydrogen-bond donors (Lipinski definition) is 1. The third-order valence-corrected chi connectivity index (χ3v) is 3.45. The highest BCUT2D eigenvalue weighted by Crippen LogP contribution is 2.20. The summed E-state index contributed by atoms with van der Waals surface area (Å²) in [6.07, 6.45) is 1.81. The SMILES string of the molecule is CCNc1nc(CN2CCOCC2)nc2c1cnn2C. The molecule has 1 aliphatic rings. The largest absolute Gasteiger partial charge is 0.379 e. The Labute approximate surface area is 117 Å². The summed E-state index contributed by atoms with van der Waals surface area (Å²) in [5, 5.41) is 8.53. The number of nitrogens with one attached hydrogen (secondary N) is 1. The van der Waals surface area contributed by atoms with Crippen molar-refractivity contribution in [1.82, 2.24) is 24.6 Å². The van der Waals surface area contributed by atoms with Crippen LogP contribution in [-0.4, -0.2) is 57.5 Å². The fourth-order valence-corrected chi connectivity index (χ4v) is 2.40. The van der Waals surface area contributed by atoms with Crippen LogP contribution in [-0.2, 0) is 18.3 Å². The highest BCUT2D eigenvalue weighted by atomic mass is 16.5. The highest BCUT2D eigenvalue weighted by molar-refractivity contribution is 5.86. The Bertz CT molecular complexity index is 590. The van der Waals surface area contributed by atoms with E-state index in [1.807, 2.05) is 13.2 Å². The molecule has 0 amide bonds. The van der Waals surface area contributed by atoms with Gasteiger partial charge in [-0.25, -0.2) is 9.97 Å². The molecule has 1 saturated heterocycles. The Morgan fingerprint density at radius 1 is 1.30 bits per heavy atom. The van der Waals surface area contributed by atoms with Crippen LogP contribution in [0.15, 0.2) is 6.20 Å². The zero-order valence-electron chi connectivity index (χ0n) is 12.0. The zero-order valence-corrected chi connectivity index (χ0v) is 12.0. The van der Waals surface area contributed by atoms with Crippen LogP contribution in [0.5, 0.6) is 0 Å². The molecule has 108 valence electrons. The molecule has 0 saturated carbocycles. The third kappa shape index (κ3) is 2.59. The first-order valence-electron chi connectivity index (χ1n) is 7.00. The molecule has 0 aromatic carbocycles. The molecule has 0 unspecified atom stereocenters. The van der Waals surface area contributed by atoms with Crippen molar-refractivity contribution in [2.75, 3.05) is 38.2 Å². The number of rotatable bonds is 4. The van der Waals surface area contributed by atoms with E-state index >= 15 is 0 Å². The summed E-state index contributed by atoms with van der Waals surface area (Å²) in [6, 6.07) is 0. The molecule has 2 aromatic rings. The summed E-state index contributed by atoms with van der Waals surface area (Å²) in [5.74, 6) is 1.70. The van der Waals surface area contributed by atoms with Gasteiger partial charge in [0.05, 0.1) is 31.3 Å². The van der Waals surface area contributed by atoms with Gasteiger partial charge in [0.15, 0.2) is 5.65 Å². The van der Waals surface area contributed by atoms with Gasteiger partial charge in [-0.05, 0) is 6.92 Å². The lowest BCUT2D eigenvalue weighted by molar-refractivity contribution is 0.0331. The van der Waals surface area contributed by atoms with E-state index in [0.29, 0.717) is 0 Å². The molecule has 1 aliphatic heterocycles. The lowest BCUT2D eigenvalue weighted by Crippen LogP contribution is -2.36. The fourth-order valence-electron chi connectivity index (χ4n) is 2.40. The normalized spacial score (nSPS) is 16.7. The van der Waals surface area contributed by atoms with Gasteiger partial charge in [0.2, 0.25) is 0 Å². The van der Waals surface area contributed by atoms with Gasteiger partial charge in [0.25, 0.3) is 0 Å². The first-order valence-corrected chi connectivity index (χ1v) is 7.00. The van der Waals surface area contributed by atoms with Crippen molar-refractivity contribution in [2.24, 2.45) is 7.05 Å². The van der Waals surface area contributed by atoms with Gasteiger partial charge in [0, 0.05) is 26.7 Å². The Kier molecular flexibility index (Phi) is 3.79. The number of nitrogens with zero attached hydrogens (tertiary/aromatic N) is 5. The predicted octanol–water partition coefficient (Wildman–Crippen LogP) is 0.627. The number of anilines is 1. The van der Waals surface area contributed by atoms with E-state index in [4.69, 9.17) is 4.74 Å². The molecule has 0 radical (unpaired) electrons. The van der Waals surface area contributed by atoms with Crippen LogP contribution in [0, 0.1) is 0 Å². The topological polar surface area (TPSA) is 68.1 Å². The van der Waals surface area contributed by atoms with Crippen molar-refractivity contribution in [1.29, 1.82) is 0 Å². The standard InChI is InChI=1S/C13H20N6O/c1-3-14-12-10-8-15-18(2)13(10)17-11(16-12)9-19-4-6-20-7-5-19/h8H,3-7,9H2,1-2H3,(H,14,16,17). The molecule has 3 rings (SSSR count). The summed E-state index contributed by atoms with van der Waals surface area (Å²) in [6.45, 7) is 7.08. The van der Waals surface area contributed by atoms with Crippen molar-refractivity contribution in [3.63, 3.8) is 0 Å². The van der Waals surface area contributed by atoms with Gasteiger partial charge in [-0.15, -0.1) is 0 Å². The third-order valence-electron chi connectivity index (χ3n) is 3.45. The van der Waals surface area contributed by atoms with E-state index in [0.717, 1.165) is 62.1 Å². The maximum absolute atomic E-state index is 5.37. The average molecular weight is 276 g/mol. The quantitative estimate of drug-likeness (QED) is 0.883. The van der Waals surface area contributed by atoms with Crippen molar-refractivity contribution >= 4 is 16.9 Å². The first kappa shape index (κ1) is 13.3. The van der Waals surface area contributed by atoms with Gasteiger partial charge in [-0.2, -0.15) is 5.10 Å². The molecule has 1 fully saturated rings. The van der Waals surface area contributed by atoms with Crippen molar-refractivity contribution in [3.8, 4) is 0 Å². The maximum atomic E-state index is 5.37. The van der Waals surface area contributed by atoms with Gasteiger partial charge >= 0.3 is 0 Å². The summed E-state index contributed by atoms with van der Waals surface area (Å²) < 4.78 is 7.16. The Hall–Kier alpha value is -1.73. The van der Waals surface area contributed by atoms with Crippen molar-refractivity contribution in [3.05, 3.63) is 12.0 Å². The van der Waals surface area contributed by atoms with Gasteiger partial charge in [-0.1, -0.05) is 0 Å². The molecule has 0 bridgehead atoms. The Morgan fingerprint density at radius 2 is 2.10 bits per heavy atom. The Morgan fingerprint density at radius 3 is 2.85 bits per heavy atom. The zero-order chi connectivity index (χ0) is 13.9. The van der Waals surface area contributed by atoms with Crippen LogP contribution in [0.1, 0.15) is 12.7 Å². The second-order valence-electron chi connectivity index (χ2n) is 4.91. The maximum Gasteiger partial charge on any atom is 0.163 e. The molecular formula is C13H20N6O. The first-order chi connectivity index (χ1) is 9.78. The van der Waals surface area contributed by atoms with Gasteiger partial charge in [-0.3, -0.25) is 9.58 Å². The minimum atomic E-state index is 0.753. The summed E-state index contributed by atoms with van der Waals surface area (Å²) in [4.78, 5) is 11.6. The molecule has 0 aliphatic carbocycles. The second-order valence-corrected chi connectivity index (χ2v) is 4.91. The molecule has 0 atom stereocenters. The van der Waals surface area contributed by atoms with Crippen molar-refractivity contribution < 1.29 is 4.74 Å². The van der Waals surface area contributed by atoms with Crippen molar-refractivity contribution in [2.45, 2.75) is 13.5 Å². The monoisotopic (exact) mass is 276 g/mol. The second kappa shape index (κ2) is 5.72. The number of aryl methyl sites for hydroxylation is 1. The van der Waals surface area contributed by atoms with E-state index in [-0.39, 0.29) is 0 Å². The van der Waals surface area contributed by atoms with E-state index in [1.54, 1.807) is 4.68 Å². The number of hydrogen-bond acceptors (Lipinski definition) is 6. The summed E-state index contributed by atoms with van der Waals surface area (Å²) in [5.41, 5.74) is 0.874. The lowest BCUT2D eigenvalue weighted by Gasteiger charge is -2.25. The number of morpholine rings is 1. The predicted molar refractivity (Wildman–Crippen MR) is 76.6 cm³/mol. The van der Waals surface area contributed by atoms with Crippen LogP contribution in [0.4, 0.5) is 5.82 Å². The molecule has 1 N–H and O–H groups in total. The minimum Gasteiger partial charge on any atom is -0.379 e. The van der Waals surface area contributed by atoms with E-state index in [9.17, 15) is 0 Å². The molecule has 20 heavy (non-hydrogen) atoms. The van der Waals surface area contributed by atoms with Crippen LogP contribution in [0.3, 0.4) is 0 Å². The number of aromatic nitrogens is 4. The highest BCUT2D eigenvalue weighted by Gasteiger charge is 2.15. The van der Waals surface area contributed by atoms with Crippen LogP contribution < -0.4 is 5.32 Å². The fraction of sp³-hybridized carbons (Fsp3) is 0.615. The van der Waals surface area contributed by atoms with Crippen LogP contribution >= 0.6 is 0 Å². The van der Waals surface area contributed by atoms with Gasteiger partial charge < -0.3 is 10.1 Å².